The van der Waals surface area contributed by atoms with Gasteiger partial charge in [-0.1, -0.05) is 0 Å². The second-order valence-electron chi connectivity index (χ2n) is 7.14. The summed E-state index contributed by atoms with van der Waals surface area (Å²) in [6.45, 7) is 0.183. The van der Waals surface area contributed by atoms with Crippen LogP contribution in [0.1, 0.15) is 44.9 Å². The lowest BCUT2D eigenvalue weighted by Crippen LogP contribution is -2.52. The van der Waals surface area contributed by atoms with Gasteiger partial charge in [-0.2, -0.15) is 8.42 Å². The highest BCUT2D eigenvalue weighted by atomic mass is 32.2. The Hall–Kier alpha value is -0.170. The first kappa shape index (κ1) is 14.8. The molecule has 4 rings (SSSR count). The van der Waals surface area contributed by atoms with E-state index < -0.39 is 16.4 Å². The fourth-order valence-corrected chi connectivity index (χ4v) is 5.58. The van der Waals surface area contributed by atoms with Gasteiger partial charge in [-0.15, -0.1) is 0 Å². The van der Waals surface area contributed by atoms with Crippen LogP contribution < -0.4 is 0 Å². The summed E-state index contributed by atoms with van der Waals surface area (Å²) in [6.07, 6.45) is 6.55. The summed E-state index contributed by atoms with van der Waals surface area (Å²) in [7, 11) is -3.93. The summed E-state index contributed by atoms with van der Waals surface area (Å²) in [4.78, 5) is 0. The van der Waals surface area contributed by atoms with Crippen molar-refractivity contribution in [1.29, 1.82) is 0 Å². The minimum atomic E-state index is -3.93. The van der Waals surface area contributed by atoms with Gasteiger partial charge in [-0.05, 0) is 62.7 Å². The lowest BCUT2D eigenvalue weighted by molar-refractivity contribution is -0.227. The number of ether oxygens (including phenoxy) is 1. The molecule has 0 saturated heterocycles. The average Bonchev–Trinajstić information content (AvgIpc) is 2.31. The number of aliphatic hydroxyl groups excluding tert-OH is 1. The van der Waals surface area contributed by atoms with E-state index in [4.69, 9.17) is 9.29 Å². The first-order valence-electron chi connectivity index (χ1n) is 7.61. The Balaban J connectivity index is 1.53. The van der Waals surface area contributed by atoms with Gasteiger partial charge in [0.15, 0.2) is 6.29 Å². The van der Waals surface area contributed by atoms with Gasteiger partial charge in [-0.3, -0.25) is 4.55 Å². The van der Waals surface area contributed by atoms with Gasteiger partial charge in [0, 0.05) is 5.41 Å². The van der Waals surface area contributed by atoms with Crippen LogP contribution in [-0.2, 0) is 14.9 Å². The van der Waals surface area contributed by atoms with Gasteiger partial charge in [-0.25, -0.2) is 0 Å². The quantitative estimate of drug-likeness (QED) is 0.444. The molecule has 0 aliphatic heterocycles. The van der Waals surface area contributed by atoms with Crippen molar-refractivity contribution in [3.05, 3.63) is 0 Å². The van der Waals surface area contributed by atoms with Crippen LogP contribution >= 0.6 is 0 Å². The van der Waals surface area contributed by atoms with Gasteiger partial charge in [0.1, 0.15) is 0 Å². The maximum atomic E-state index is 10.6. The van der Waals surface area contributed by atoms with Gasteiger partial charge in [0.05, 0.1) is 12.4 Å². The Kier molecular flexibility index (Phi) is 3.86. The molecule has 1 atom stereocenters. The van der Waals surface area contributed by atoms with Gasteiger partial charge >= 0.3 is 0 Å². The van der Waals surface area contributed by atoms with Crippen LogP contribution in [0.2, 0.25) is 0 Å². The lowest BCUT2D eigenvalue weighted by atomic mass is 9.49. The van der Waals surface area contributed by atoms with Crippen LogP contribution in [0.5, 0.6) is 0 Å². The van der Waals surface area contributed by atoms with E-state index in [1.807, 2.05) is 0 Å². The molecular formula is C14H24O5S. The van der Waals surface area contributed by atoms with Crippen LogP contribution in [0.15, 0.2) is 0 Å². The molecule has 0 spiro atoms. The summed E-state index contributed by atoms with van der Waals surface area (Å²) in [5.41, 5.74) is -0.0904. The van der Waals surface area contributed by atoms with Crippen molar-refractivity contribution in [3.63, 3.8) is 0 Å². The predicted molar refractivity (Wildman–Crippen MR) is 73.6 cm³/mol. The van der Waals surface area contributed by atoms with E-state index >= 15 is 0 Å². The van der Waals surface area contributed by atoms with Gasteiger partial charge < -0.3 is 9.84 Å². The summed E-state index contributed by atoms with van der Waals surface area (Å²) in [5, 5.41) is 10.4. The predicted octanol–water partition coefficient (Wildman–Crippen LogP) is 1.82. The smallest absolute Gasteiger partial charge is 0.264 e. The molecular weight excluding hydrogens is 280 g/mol. The van der Waals surface area contributed by atoms with Gasteiger partial charge in [0.2, 0.25) is 0 Å². The highest BCUT2D eigenvalue weighted by Crippen LogP contribution is 2.61. The van der Waals surface area contributed by atoms with Crippen molar-refractivity contribution in [3.8, 4) is 0 Å². The molecule has 116 valence electrons. The molecule has 2 N–H and O–H groups in total. The van der Waals surface area contributed by atoms with Crippen LogP contribution in [0.3, 0.4) is 0 Å². The van der Waals surface area contributed by atoms with Crippen molar-refractivity contribution in [2.75, 3.05) is 12.4 Å². The zero-order valence-corrected chi connectivity index (χ0v) is 12.5. The van der Waals surface area contributed by atoms with Gasteiger partial charge in [0.25, 0.3) is 10.1 Å². The molecule has 1 unspecified atom stereocenters. The van der Waals surface area contributed by atoms with Crippen molar-refractivity contribution >= 4 is 10.1 Å². The first-order chi connectivity index (χ1) is 9.36. The number of aliphatic hydroxyl groups is 1. The summed E-state index contributed by atoms with van der Waals surface area (Å²) in [6, 6.07) is 0. The van der Waals surface area contributed by atoms with Crippen molar-refractivity contribution in [2.24, 2.45) is 23.2 Å². The molecule has 5 nitrogen and oxygen atoms in total. The number of hydrogen-bond donors (Lipinski definition) is 2. The highest BCUT2D eigenvalue weighted by molar-refractivity contribution is 7.85. The Morgan fingerprint density at radius 1 is 1.10 bits per heavy atom. The molecule has 0 aromatic heterocycles. The van der Waals surface area contributed by atoms with Crippen LogP contribution in [-0.4, -0.2) is 36.7 Å². The Morgan fingerprint density at radius 3 is 2.05 bits per heavy atom. The topological polar surface area (TPSA) is 83.8 Å². The number of rotatable bonds is 6. The van der Waals surface area contributed by atoms with E-state index in [0.717, 1.165) is 37.0 Å². The van der Waals surface area contributed by atoms with E-state index in [2.05, 4.69) is 0 Å². The minimum absolute atomic E-state index is 0.0904. The first-order valence-corrected chi connectivity index (χ1v) is 9.22. The third kappa shape index (κ3) is 3.03. The molecule has 4 bridgehead atoms. The SMILES string of the molecule is O=S(=O)(O)CCCOC(O)C12CC3CC(CC(C3)C1)C2. The standard InChI is InChI=1S/C14H24O5S/c15-13(19-2-1-3-20(16,17)18)14-7-10-4-11(8-14)6-12(5-10)9-14/h10-13,15H,1-9H2,(H,16,17,18). The molecule has 0 aromatic rings. The second-order valence-corrected chi connectivity index (χ2v) is 8.71. The molecule has 4 aliphatic carbocycles. The lowest BCUT2D eigenvalue weighted by Gasteiger charge is -2.57. The molecule has 4 fully saturated rings. The normalized spacial score (nSPS) is 41.0. The number of hydrogen-bond acceptors (Lipinski definition) is 4. The fourth-order valence-electron chi connectivity index (χ4n) is 5.09. The largest absolute Gasteiger partial charge is 0.367 e. The highest BCUT2D eigenvalue weighted by Gasteiger charge is 2.54. The van der Waals surface area contributed by atoms with E-state index in [0.29, 0.717) is 0 Å². The maximum Gasteiger partial charge on any atom is 0.264 e. The van der Waals surface area contributed by atoms with E-state index in [1.54, 1.807) is 0 Å². The third-order valence-electron chi connectivity index (χ3n) is 5.43. The molecule has 6 heteroatoms. The molecule has 4 aliphatic rings. The molecule has 0 amide bonds. The molecule has 0 aromatic carbocycles. The molecule has 4 saturated carbocycles. The molecule has 0 heterocycles. The Morgan fingerprint density at radius 2 is 1.60 bits per heavy atom. The van der Waals surface area contributed by atoms with Crippen LogP contribution in [0, 0.1) is 23.2 Å². The minimum Gasteiger partial charge on any atom is -0.367 e. The summed E-state index contributed by atoms with van der Waals surface area (Å²) >= 11 is 0. The van der Waals surface area contributed by atoms with Crippen molar-refractivity contribution in [2.45, 2.75) is 51.2 Å². The zero-order valence-electron chi connectivity index (χ0n) is 11.7. The third-order valence-corrected chi connectivity index (χ3v) is 6.24. The molecule has 0 radical (unpaired) electrons. The average molecular weight is 304 g/mol. The Bertz CT molecular complexity index is 423. The fraction of sp³-hybridized carbons (Fsp3) is 1.00. The monoisotopic (exact) mass is 304 g/mol. The summed E-state index contributed by atoms with van der Waals surface area (Å²) in [5.74, 6) is 1.94. The maximum absolute atomic E-state index is 10.6. The van der Waals surface area contributed by atoms with E-state index in [1.165, 1.54) is 19.3 Å². The summed E-state index contributed by atoms with van der Waals surface area (Å²) < 4.78 is 35.4. The molecule has 20 heavy (non-hydrogen) atoms. The van der Waals surface area contributed by atoms with Crippen molar-refractivity contribution in [1.82, 2.24) is 0 Å². The zero-order chi connectivity index (χ0) is 14.4. The van der Waals surface area contributed by atoms with E-state index in [-0.39, 0.29) is 24.2 Å². The van der Waals surface area contributed by atoms with Crippen LogP contribution in [0.25, 0.3) is 0 Å². The van der Waals surface area contributed by atoms with Crippen molar-refractivity contribution < 1.29 is 22.8 Å². The second kappa shape index (κ2) is 5.23. The Labute approximate surface area is 120 Å². The van der Waals surface area contributed by atoms with E-state index in [9.17, 15) is 13.5 Å². The van der Waals surface area contributed by atoms with Crippen LogP contribution in [0.4, 0.5) is 0 Å².